The number of hydrogen-bond donors (Lipinski definition) is 0. The molecule has 2 fully saturated rings. The van der Waals surface area contributed by atoms with Gasteiger partial charge in [-0.3, -0.25) is 0 Å². The first-order valence-electron chi connectivity index (χ1n) is 10.2. The van der Waals surface area contributed by atoms with Crippen molar-refractivity contribution < 1.29 is 23.5 Å². The Kier molecular flexibility index (Phi) is 6.04. The molecule has 0 aromatic rings. The van der Waals surface area contributed by atoms with E-state index in [4.69, 9.17) is 9.47 Å². The number of fused-ring (bicyclic) bond motifs is 2. The lowest BCUT2D eigenvalue weighted by Gasteiger charge is -2.52. The highest BCUT2D eigenvalue weighted by Gasteiger charge is 2.73. The van der Waals surface area contributed by atoms with E-state index in [0.717, 1.165) is 6.42 Å². The van der Waals surface area contributed by atoms with Gasteiger partial charge in [0.1, 0.15) is 6.04 Å². The monoisotopic (exact) mass is 383 g/mol. The number of esters is 2. The topological polar surface area (TPSA) is 55.8 Å². The first-order valence-corrected chi connectivity index (χ1v) is 10.2. The lowest BCUT2D eigenvalue weighted by molar-refractivity contribution is -0.932. The molecular weight excluding hydrogens is 344 g/mol. The van der Waals surface area contributed by atoms with Gasteiger partial charge < -0.3 is 18.9 Å². The zero-order valence-corrected chi connectivity index (χ0v) is 18.7. The zero-order valence-electron chi connectivity index (χ0n) is 18.7. The third-order valence-electron chi connectivity index (χ3n) is 7.76. The first kappa shape index (κ1) is 22.2. The Balaban J connectivity index is 2.55. The van der Waals surface area contributed by atoms with Crippen molar-refractivity contribution in [3.63, 3.8) is 0 Å². The summed E-state index contributed by atoms with van der Waals surface area (Å²) < 4.78 is 10.9. The van der Waals surface area contributed by atoms with Crippen LogP contribution in [0.5, 0.6) is 0 Å². The summed E-state index contributed by atoms with van der Waals surface area (Å²) >= 11 is 0. The molecular formula is C21H39N2O4+. The molecule has 6 nitrogen and oxygen atoms in total. The van der Waals surface area contributed by atoms with E-state index in [0.29, 0.717) is 12.0 Å². The molecule has 2 saturated carbocycles. The van der Waals surface area contributed by atoms with Crippen LogP contribution in [0.3, 0.4) is 0 Å². The quantitative estimate of drug-likeness (QED) is 0.384. The number of carbonyl (C=O) groups excluding carboxylic acids is 2. The highest BCUT2D eigenvalue weighted by Crippen LogP contribution is 2.68. The minimum atomic E-state index is -0.968. The molecule has 0 N–H and O–H groups in total. The van der Waals surface area contributed by atoms with Crippen molar-refractivity contribution in [3.05, 3.63) is 0 Å². The fraction of sp³-hybridized carbons (Fsp3) is 0.905. The van der Waals surface area contributed by atoms with Gasteiger partial charge in [0.2, 0.25) is 0 Å². The summed E-state index contributed by atoms with van der Waals surface area (Å²) in [6, 6.07) is -0.551. The van der Waals surface area contributed by atoms with Crippen LogP contribution < -0.4 is 0 Å². The Morgan fingerprint density at radius 1 is 1.07 bits per heavy atom. The van der Waals surface area contributed by atoms with E-state index in [1.807, 2.05) is 14.1 Å². The molecule has 0 unspecified atom stereocenters. The van der Waals surface area contributed by atoms with Gasteiger partial charge in [0.25, 0.3) is 6.04 Å². The van der Waals surface area contributed by atoms with Crippen molar-refractivity contribution >= 4 is 11.9 Å². The van der Waals surface area contributed by atoms with E-state index in [1.54, 1.807) is 13.8 Å². The van der Waals surface area contributed by atoms with Crippen molar-refractivity contribution in [2.24, 2.45) is 16.7 Å². The van der Waals surface area contributed by atoms with Crippen molar-refractivity contribution in [3.8, 4) is 0 Å². The van der Waals surface area contributed by atoms with Crippen molar-refractivity contribution in [1.29, 1.82) is 0 Å². The molecule has 2 aliphatic carbocycles. The Morgan fingerprint density at radius 3 is 1.96 bits per heavy atom. The van der Waals surface area contributed by atoms with E-state index in [2.05, 4.69) is 39.8 Å². The van der Waals surface area contributed by atoms with E-state index < -0.39 is 18.0 Å². The van der Waals surface area contributed by atoms with Gasteiger partial charge in [-0.25, -0.2) is 9.59 Å². The Labute approximate surface area is 164 Å². The molecule has 0 aliphatic heterocycles. The van der Waals surface area contributed by atoms with Gasteiger partial charge in [0.05, 0.1) is 33.4 Å². The van der Waals surface area contributed by atoms with Crippen LogP contribution in [0.2, 0.25) is 0 Å². The second kappa shape index (κ2) is 7.36. The SMILES string of the molecule is CCOC(=O)C(C(=O)OCC)[N+](C)(C)[C@@H]1[C@H](N(C)C)[C@@H]2CC[C@]1(C)C2(C)C. The van der Waals surface area contributed by atoms with Crippen LogP contribution >= 0.6 is 0 Å². The number of likely N-dealkylation sites (N-methyl/N-ethyl adjacent to an activating group) is 2. The fourth-order valence-electron chi connectivity index (χ4n) is 6.30. The molecule has 4 atom stereocenters. The van der Waals surface area contributed by atoms with E-state index in [9.17, 15) is 9.59 Å². The van der Waals surface area contributed by atoms with Crippen LogP contribution in [0, 0.1) is 16.7 Å². The molecule has 0 radical (unpaired) electrons. The summed E-state index contributed by atoms with van der Waals surface area (Å²) in [5.41, 5.74) is 0.156. The first-order chi connectivity index (χ1) is 12.4. The molecule has 0 aromatic carbocycles. The third-order valence-corrected chi connectivity index (χ3v) is 7.76. The summed E-state index contributed by atoms with van der Waals surface area (Å²) in [6.45, 7) is 11.1. The van der Waals surface area contributed by atoms with Crippen molar-refractivity contribution in [2.45, 2.75) is 65.6 Å². The Hall–Kier alpha value is -1.14. The van der Waals surface area contributed by atoms with Gasteiger partial charge in [-0.1, -0.05) is 20.8 Å². The number of rotatable bonds is 7. The maximum absolute atomic E-state index is 12.9. The average molecular weight is 384 g/mol. The summed E-state index contributed by atoms with van der Waals surface area (Å²) in [4.78, 5) is 28.0. The maximum atomic E-state index is 12.9. The Morgan fingerprint density at radius 2 is 1.56 bits per heavy atom. The Bertz CT molecular complexity index is 569. The minimum absolute atomic E-state index is 0.0212. The van der Waals surface area contributed by atoms with Crippen LogP contribution in [0.25, 0.3) is 0 Å². The van der Waals surface area contributed by atoms with E-state index >= 15 is 0 Å². The number of ether oxygens (including phenoxy) is 2. The average Bonchev–Trinajstić information content (AvgIpc) is 2.86. The molecule has 156 valence electrons. The molecule has 0 saturated heterocycles. The van der Waals surface area contributed by atoms with Gasteiger partial charge >= 0.3 is 11.9 Å². The lowest BCUT2D eigenvalue weighted by Crippen LogP contribution is -2.70. The highest BCUT2D eigenvalue weighted by atomic mass is 16.6. The summed E-state index contributed by atoms with van der Waals surface area (Å²) in [6.07, 6.45) is 2.30. The zero-order chi connectivity index (χ0) is 20.8. The lowest BCUT2D eigenvalue weighted by atomic mass is 9.68. The predicted molar refractivity (Wildman–Crippen MR) is 105 cm³/mol. The smallest absolute Gasteiger partial charge is 0.377 e. The number of nitrogens with zero attached hydrogens (tertiary/aromatic N) is 2. The molecule has 2 rings (SSSR count). The number of quaternary nitrogens is 1. The second-order valence-corrected chi connectivity index (χ2v) is 9.72. The standard InChI is InChI=1S/C21H39N2O4/c1-10-26-18(24)16(19(25)27-11-2)23(8,9)17-15(22(6)7)14-12-13-21(17,5)20(14,3)4/h14-17H,10-13H2,1-9H3/q+1/t14-,15+,17+,21-/m0/s1. The van der Waals surface area contributed by atoms with Crippen LogP contribution in [-0.4, -0.2) is 80.9 Å². The van der Waals surface area contributed by atoms with E-state index in [-0.39, 0.29) is 34.6 Å². The summed E-state index contributed by atoms with van der Waals surface area (Å²) in [5, 5.41) is 0. The van der Waals surface area contributed by atoms with Gasteiger partial charge in [0.15, 0.2) is 0 Å². The van der Waals surface area contributed by atoms with Crippen LogP contribution in [0.4, 0.5) is 0 Å². The number of hydrogen-bond acceptors (Lipinski definition) is 5. The molecule has 0 aromatic heterocycles. The molecule has 0 heterocycles. The van der Waals surface area contributed by atoms with Crippen LogP contribution in [0.15, 0.2) is 0 Å². The molecule has 6 heteroatoms. The number of carbonyl (C=O) groups is 2. The highest BCUT2D eigenvalue weighted by molar-refractivity contribution is 5.97. The van der Waals surface area contributed by atoms with Crippen LogP contribution in [-0.2, 0) is 19.1 Å². The second-order valence-electron chi connectivity index (χ2n) is 9.72. The van der Waals surface area contributed by atoms with E-state index in [1.165, 1.54) is 6.42 Å². The fourth-order valence-corrected chi connectivity index (χ4v) is 6.30. The predicted octanol–water partition coefficient (Wildman–Crippen LogP) is 2.31. The van der Waals surface area contributed by atoms with Gasteiger partial charge in [-0.15, -0.1) is 0 Å². The van der Waals surface area contributed by atoms with Crippen molar-refractivity contribution in [1.82, 2.24) is 4.90 Å². The third kappa shape index (κ3) is 3.19. The summed E-state index contributed by atoms with van der Waals surface area (Å²) in [5.74, 6) is -0.435. The van der Waals surface area contributed by atoms with Gasteiger partial charge in [-0.2, -0.15) is 0 Å². The van der Waals surface area contributed by atoms with Gasteiger partial charge in [-0.05, 0) is 52.1 Å². The summed E-state index contributed by atoms with van der Waals surface area (Å²) in [7, 11) is 8.23. The normalized spacial score (nSPS) is 32.2. The maximum Gasteiger partial charge on any atom is 0.377 e. The molecule has 2 bridgehead atoms. The molecule has 0 spiro atoms. The molecule has 27 heavy (non-hydrogen) atoms. The largest absolute Gasteiger partial charge is 0.461 e. The molecule has 0 amide bonds. The minimum Gasteiger partial charge on any atom is -0.461 e. The van der Waals surface area contributed by atoms with Crippen LogP contribution in [0.1, 0.15) is 47.5 Å². The van der Waals surface area contributed by atoms with Gasteiger partial charge in [0, 0.05) is 5.41 Å². The van der Waals surface area contributed by atoms with Crippen molar-refractivity contribution in [2.75, 3.05) is 41.4 Å². The molecule has 2 aliphatic rings.